The van der Waals surface area contributed by atoms with Crippen LogP contribution in [0.15, 0.2) is 0 Å². The van der Waals surface area contributed by atoms with Crippen LogP contribution < -0.4 is 5.32 Å². The summed E-state index contributed by atoms with van der Waals surface area (Å²) in [6.07, 6.45) is 2.33. The maximum Gasteiger partial charge on any atom is 0.0641 e. The van der Waals surface area contributed by atoms with E-state index in [-0.39, 0.29) is 0 Å². The minimum atomic E-state index is -0.578. The van der Waals surface area contributed by atoms with E-state index in [1.165, 1.54) is 0 Å². The smallest absolute Gasteiger partial charge is 0.0641 e. The average molecular weight is 197 g/mol. The topological polar surface area (TPSA) is 32.3 Å². The second-order valence-corrected chi connectivity index (χ2v) is 4.28. The maximum atomic E-state index is 9.95. The van der Waals surface area contributed by atoms with E-state index < -0.39 is 5.60 Å². The zero-order valence-corrected chi connectivity index (χ0v) is 9.85. The highest BCUT2D eigenvalue weighted by Gasteiger charge is 2.18. The fraction of sp³-hybridized carbons (Fsp3) is 0.833. The molecular formula is C12H23NO. The van der Waals surface area contributed by atoms with Gasteiger partial charge in [-0.1, -0.05) is 13.8 Å². The van der Waals surface area contributed by atoms with Crippen LogP contribution in [0.3, 0.4) is 0 Å². The van der Waals surface area contributed by atoms with Crippen molar-refractivity contribution in [1.29, 1.82) is 0 Å². The molecule has 0 spiro atoms. The SMILES string of the molecule is CC#CCCC(C)(O)CCNC(C)C. The van der Waals surface area contributed by atoms with Gasteiger partial charge in [-0.05, 0) is 33.2 Å². The van der Waals surface area contributed by atoms with Gasteiger partial charge in [0.15, 0.2) is 0 Å². The van der Waals surface area contributed by atoms with Crippen LogP contribution in [-0.4, -0.2) is 23.3 Å². The van der Waals surface area contributed by atoms with Gasteiger partial charge in [0, 0.05) is 12.5 Å². The summed E-state index contributed by atoms with van der Waals surface area (Å²) in [5.41, 5.74) is -0.578. The molecule has 1 atom stereocenters. The number of rotatable bonds is 6. The Hall–Kier alpha value is -0.520. The van der Waals surface area contributed by atoms with Gasteiger partial charge in [0.1, 0.15) is 0 Å². The third-order valence-electron chi connectivity index (χ3n) is 2.18. The van der Waals surface area contributed by atoms with Gasteiger partial charge in [-0.15, -0.1) is 11.8 Å². The Bertz CT molecular complexity index is 198. The molecule has 0 radical (unpaired) electrons. The highest BCUT2D eigenvalue weighted by Crippen LogP contribution is 2.15. The van der Waals surface area contributed by atoms with Crippen LogP contribution in [0.1, 0.15) is 47.0 Å². The number of nitrogens with one attached hydrogen (secondary N) is 1. The monoisotopic (exact) mass is 197 g/mol. The second kappa shape index (κ2) is 6.86. The molecule has 0 heterocycles. The molecule has 1 unspecified atom stereocenters. The van der Waals surface area contributed by atoms with E-state index in [0.29, 0.717) is 6.04 Å². The Morgan fingerprint density at radius 3 is 2.50 bits per heavy atom. The molecule has 0 bridgehead atoms. The van der Waals surface area contributed by atoms with Crippen LogP contribution in [0.4, 0.5) is 0 Å². The Morgan fingerprint density at radius 2 is 2.00 bits per heavy atom. The van der Waals surface area contributed by atoms with Crippen LogP contribution in [0, 0.1) is 11.8 Å². The van der Waals surface area contributed by atoms with Crippen molar-refractivity contribution in [2.75, 3.05) is 6.54 Å². The zero-order chi connectivity index (χ0) is 11.0. The largest absolute Gasteiger partial charge is 0.390 e. The van der Waals surface area contributed by atoms with Crippen LogP contribution >= 0.6 is 0 Å². The van der Waals surface area contributed by atoms with E-state index >= 15 is 0 Å². The van der Waals surface area contributed by atoms with Crippen molar-refractivity contribution in [3.05, 3.63) is 0 Å². The fourth-order valence-electron chi connectivity index (χ4n) is 1.21. The molecule has 0 saturated heterocycles. The minimum Gasteiger partial charge on any atom is -0.390 e. The van der Waals surface area contributed by atoms with Gasteiger partial charge in [0.2, 0.25) is 0 Å². The van der Waals surface area contributed by atoms with Crippen molar-refractivity contribution in [3.8, 4) is 11.8 Å². The maximum absolute atomic E-state index is 9.95. The summed E-state index contributed by atoms with van der Waals surface area (Å²) in [5.74, 6) is 5.81. The van der Waals surface area contributed by atoms with Crippen molar-refractivity contribution in [3.63, 3.8) is 0 Å². The standard InChI is InChI=1S/C12H23NO/c1-5-6-7-8-12(4,14)9-10-13-11(2)3/h11,13-14H,7-10H2,1-4H3. The van der Waals surface area contributed by atoms with Crippen LogP contribution in [0.5, 0.6) is 0 Å². The second-order valence-electron chi connectivity index (χ2n) is 4.28. The van der Waals surface area contributed by atoms with Gasteiger partial charge >= 0.3 is 0 Å². The average Bonchev–Trinajstić information content (AvgIpc) is 2.03. The fourth-order valence-corrected chi connectivity index (χ4v) is 1.21. The van der Waals surface area contributed by atoms with E-state index in [4.69, 9.17) is 0 Å². The highest BCUT2D eigenvalue weighted by atomic mass is 16.3. The Labute approximate surface area is 88.1 Å². The summed E-state index contributed by atoms with van der Waals surface area (Å²) in [5, 5.41) is 13.2. The summed E-state index contributed by atoms with van der Waals surface area (Å²) in [6.45, 7) is 8.79. The van der Waals surface area contributed by atoms with Crippen LogP contribution in [0.2, 0.25) is 0 Å². The van der Waals surface area contributed by atoms with E-state index in [1.54, 1.807) is 0 Å². The van der Waals surface area contributed by atoms with Crippen molar-refractivity contribution in [2.24, 2.45) is 0 Å². The quantitative estimate of drug-likeness (QED) is 0.638. The molecule has 0 fully saturated rings. The zero-order valence-electron chi connectivity index (χ0n) is 9.85. The van der Waals surface area contributed by atoms with Gasteiger partial charge in [0.05, 0.1) is 5.60 Å². The summed E-state index contributed by atoms with van der Waals surface area (Å²) >= 11 is 0. The molecule has 0 aromatic rings. The number of hydrogen-bond donors (Lipinski definition) is 2. The Morgan fingerprint density at radius 1 is 1.36 bits per heavy atom. The lowest BCUT2D eigenvalue weighted by molar-refractivity contribution is 0.0434. The van der Waals surface area contributed by atoms with Gasteiger partial charge in [0.25, 0.3) is 0 Å². The predicted octanol–water partition coefficient (Wildman–Crippen LogP) is 1.93. The van der Waals surface area contributed by atoms with Crippen molar-refractivity contribution < 1.29 is 5.11 Å². The summed E-state index contributed by atoms with van der Waals surface area (Å²) < 4.78 is 0. The first kappa shape index (κ1) is 13.5. The van der Waals surface area contributed by atoms with Crippen molar-refractivity contribution >= 4 is 0 Å². The molecule has 2 N–H and O–H groups in total. The normalized spacial score (nSPS) is 14.7. The Kier molecular flexibility index (Phi) is 6.61. The molecule has 0 aliphatic carbocycles. The molecule has 82 valence electrons. The molecule has 0 aliphatic rings. The molecule has 0 aliphatic heterocycles. The molecule has 0 aromatic heterocycles. The van der Waals surface area contributed by atoms with Gasteiger partial charge in [-0.2, -0.15) is 0 Å². The number of hydrogen-bond acceptors (Lipinski definition) is 2. The van der Waals surface area contributed by atoms with E-state index in [2.05, 4.69) is 31.0 Å². The molecule has 0 saturated carbocycles. The molecular weight excluding hydrogens is 174 g/mol. The molecule has 0 amide bonds. The highest BCUT2D eigenvalue weighted by molar-refractivity contribution is 4.96. The minimum absolute atomic E-state index is 0.487. The van der Waals surface area contributed by atoms with Gasteiger partial charge < -0.3 is 10.4 Å². The van der Waals surface area contributed by atoms with Crippen LogP contribution in [0.25, 0.3) is 0 Å². The third-order valence-corrected chi connectivity index (χ3v) is 2.18. The molecule has 2 heteroatoms. The molecule has 0 rings (SSSR count). The third kappa shape index (κ3) is 8.10. The summed E-state index contributed by atoms with van der Waals surface area (Å²) in [4.78, 5) is 0. The first-order valence-corrected chi connectivity index (χ1v) is 5.33. The Balaban J connectivity index is 3.64. The van der Waals surface area contributed by atoms with E-state index in [1.807, 2.05) is 13.8 Å². The summed E-state index contributed by atoms with van der Waals surface area (Å²) in [6, 6.07) is 0.487. The van der Waals surface area contributed by atoms with Crippen molar-refractivity contribution in [1.82, 2.24) is 5.32 Å². The lowest BCUT2D eigenvalue weighted by atomic mass is 9.96. The van der Waals surface area contributed by atoms with E-state index in [0.717, 1.165) is 25.8 Å². The molecule has 2 nitrogen and oxygen atoms in total. The molecule has 0 aromatic carbocycles. The predicted molar refractivity (Wildman–Crippen MR) is 61.1 cm³/mol. The lowest BCUT2D eigenvalue weighted by Crippen LogP contribution is -2.32. The van der Waals surface area contributed by atoms with Gasteiger partial charge in [-0.25, -0.2) is 0 Å². The van der Waals surface area contributed by atoms with Crippen LogP contribution in [-0.2, 0) is 0 Å². The summed E-state index contributed by atoms with van der Waals surface area (Å²) in [7, 11) is 0. The van der Waals surface area contributed by atoms with Crippen molar-refractivity contribution in [2.45, 2.75) is 58.6 Å². The lowest BCUT2D eigenvalue weighted by Gasteiger charge is -2.23. The number of aliphatic hydroxyl groups is 1. The first-order chi connectivity index (χ1) is 6.48. The van der Waals surface area contributed by atoms with E-state index in [9.17, 15) is 5.11 Å². The van der Waals surface area contributed by atoms with Gasteiger partial charge in [-0.3, -0.25) is 0 Å². The molecule has 14 heavy (non-hydrogen) atoms. The first-order valence-electron chi connectivity index (χ1n) is 5.33.